The number of amides is 2. The van der Waals surface area contributed by atoms with E-state index >= 15 is 4.39 Å². The van der Waals surface area contributed by atoms with Crippen molar-refractivity contribution in [2.24, 2.45) is 5.41 Å². The zero-order valence-corrected chi connectivity index (χ0v) is 19.5. The molecule has 0 aromatic heterocycles. The van der Waals surface area contributed by atoms with Gasteiger partial charge >= 0.3 is 6.36 Å². The van der Waals surface area contributed by atoms with Crippen molar-refractivity contribution in [3.63, 3.8) is 0 Å². The van der Waals surface area contributed by atoms with E-state index in [0.29, 0.717) is 11.1 Å². The molecule has 1 atom stereocenters. The number of ether oxygens (including phenoxy) is 2. The van der Waals surface area contributed by atoms with Crippen molar-refractivity contribution in [3.05, 3.63) is 47.3 Å². The summed E-state index contributed by atoms with van der Waals surface area (Å²) in [5.74, 6) is -2.16. The molecule has 1 N–H and O–H groups in total. The van der Waals surface area contributed by atoms with Gasteiger partial charge in [0, 0.05) is 6.42 Å². The standard InChI is InChI=1S/C24H26F4N2O4/c1-13-10-17-21(19(25)20(13)29-18(31)11-23(3,4)5)33-14(2)22(32)30(17)12-15-6-8-16(9-7-15)34-24(26,27)28/h6-10,14H,11-12H2,1-5H3,(H,29,31). The first-order chi connectivity index (χ1) is 15.6. The minimum atomic E-state index is -4.81. The van der Waals surface area contributed by atoms with Gasteiger partial charge in [-0.25, -0.2) is 4.39 Å². The lowest BCUT2D eigenvalue weighted by atomic mass is 9.92. The van der Waals surface area contributed by atoms with Gasteiger partial charge < -0.3 is 19.7 Å². The summed E-state index contributed by atoms with van der Waals surface area (Å²) in [6.45, 7) is 8.70. The van der Waals surface area contributed by atoms with Gasteiger partial charge in [-0.15, -0.1) is 13.2 Å². The van der Waals surface area contributed by atoms with Crippen LogP contribution in [0.5, 0.6) is 11.5 Å². The molecular formula is C24H26F4N2O4. The maximum Gasteiger partial charge on any atom is 0.573 e. The van der Waals surface area contributed by atoms with Crippen LogP contribution in [0.4, 0.5) is 28.9 Å². The smallest absolute Gasteiger partial charge is 0.476 e. The molecule has 0 aliphatic carbocycles. The number of carbonyl (C=O) groups is 2. The first-order valence-corrected chi connectivity index (χ1v) is 10.6. The summed E-state index contributed by atoms with van der Waals surface area (Å²) in [6.07, 6.45) is -5.64. The van der Waals surface area contributed by atoms with E-state index in [9.17, 15) is 22.8 Å². The Bertz CT molecular complexity index is 1090. The molecule has 34 heavy (non-hydrogen) atoms. The van der Waals surface area contributed by atoms with Gasteiger partial charge in [0.05, 0.1) is 17.9 Å². The molecule has 0 spiro atoms. The van der Waals surface area contributed by atoms with Gasteiger partial charge in [-0.2, -0.15) is 0 Å². The second-order valence-electron chi connectivity index (χ2n) is 9.39. The lowest BCUT2D eigenvalue weighted by molar-refractivity contribution is -0.274. The number of carbonyl (C=O) groups excluding carboxylic acids is 2. The Balaban J connectivity index is 1.91. The van der Waals surface area contributed by atoms with Crippen LogP contribution in [0, 0.1) is 18.2 Å². The van der Waals surface area contributed by atoms with E-state index in [2.05, 4.69) is 10.1 Å². The number of aryl methyl sites for hydroxylation is 1. The van der Waals surface area contributed by atoms with Crippen molar-refractivity contribution in [2.45, 2.75) is 60.1 Å². The Morgan fingerprint density at radius 3 is 2.35 bits per heavy atom. The normalized spacial score (nSPS) is 16.1. The number of fused-ring (bicyclic) bond motifs is 1. The van der Waals surface area contributed by atoms with Gasteiger partial charge in [-0.3, -0.25) is 9.59 Å². The molecule has 1 heterocycles. The van der Waals surface area contributed by atoms with Crippen LogP contribution >= 0.6 is 0 Å². The van der Waals surface area contributed by atoms with E-state index in [0.717, 1.165) is 12.1 Å². The third-order valence-corrected chi connectivity index (χ3v) is 5.05. The molecule has 0 saturated heterocycles. The lowest BCUT2D eigenvalue weighted by Crippen LogP contribution is -2.44. The topological polar surface area (TPSA) is 67.9 Å². The van der Waals surface area contributed by atoms with E-state index in [1.165, 1.54) is 30.0 Å². The molecule has 0 bridgehead atoms. The van der Waals surface area contributed by atoms with Crippen LogP contribution in [0.2, 0.25) is 0 Å². The fourth-order valence-corrected chi connectivity index (χ4v) is 3.58. The predicted octanol–water partition coefficient (Wildman–Crippen LogP) is 5.72. The number of rotatable bonds is 5. The molecule has 2 aromatic carbocycles. The number of hydrogen-bond acceptors (Lipinski definition) is 4. The summed E-state index contributed by atoms with van der Waals surface area (Å²) in [5, 5.41) is 2.60. The van der Waals surface area contributed by atoms with Crippen molar-refractivity contribution in [1.29, 1.82) is 0 Å². The third kappa shape index (κ3) is 5.98. The maximum atomic E-state index is 15.4. The van der Waals surface area contributed by atoms with Crippen molar-refractivity contribution >= 4 is 23.2 Å². The largest absolute Gasteiger partial charge is 0.573 e. The molecule has 0 saturated carbocycles. The Labute approximate surface area is 194 Å². The number of anilines is 2. The van der Waals surface area contributed by atoms with Crippen LogP contribution in [0.1, 0.15) is 45.2 Å². The average molecular weight is 482 g/mol. The molecule has 6 nitrogen and oxygen atoms in total. The van der Waals surface area contributed by atoms with E-state index in [1.54, 1.807) is 6.92 Å². The van der Waals surface area contributed by atoms with Crippen LogP contribution in [0.25, 0.3) is 0 Å². The summed E-state index contributed by atoms with van der Waals surface area (Å²) < 4.78 is 62.0. The van der Waals surface area contributed by atoms with Crippen molar-refractivity contribution < 1.29 is 36.6 Å². The molecule has 1 unspecified atom stereocenters. The molecule has 0 radical (unpaired) electrons. The first kappa shape index (κ1) is 25.3. The number of halogens is 4. The van der Waals surface area contributed by atoms with Crippen molar-refractivity contribution in [2.75, 3.05) is 10.2 Å². The summed E-state index contributed by atoms with van der Waals surface area (Å²) in [6, 6.07) is 6.59. The van der Waals surface area contributed by atoms with Gasteiger partial charge in [-0.05, 0) is 48.6 Å². The van der Waals surface area contributed by atoms with E-state index in [1.807, 2.05) is 20.8 Å². The Kier molecular flexibility index (Phi) is 6.82. The van der Waals surface area contributed by atoms with Crippen LogP contribution in [-0.2, 0) is 16.1 Å². The number of benzene rings is 2. The molecular weight excluding hydrogens is 456 g/mol. The number of nitrogens with zero attached hydrogens (tertiary/aromatic N) is 1. The molecule has 2 aromatic rings. The third-order valence-electron chi connectivity index (χ3n) is 5.05. The van der Waals surface area contributed by atoms with E-state index < -0.39 is 29.9 Å². The fourth-order valence-electron chi connectivity index (χ4n) is 3.58. The van der Waals surface area contributed by atoms with Crippen LogP contribution in [0.3, 0.4) is 0 Å². The van der Waals surface area contributed by atoms with Gasteiger partial charge in [-0.1, -0.05) is 32.9 Å². The Morgan fingerprint density at radius 1 is 1.18 bits per heavy atom. The average Bonchev–Trinajstić information content (AvgIpc) is 2.68. The van der Waals surface area contributed by atoms with E-state index in [-0.39, 0.29) is 41.4 Å². The maximum absolute atomic E-state index is 15.4. The number of alkyl halides is 3. The quantitative estimate of drug-likeness (QED) is 0.554. The zero-order chi connectivity index (χ0) is 25.4. The van der Waals surface area contributed by atoms with E-state index in [4.69, 9.17) is 4.74 Å². The highest BCUT2D eigenvalue weighted by Crippen LogP contribution is 2.42. The summed E-state index contributed by atoms with van der Waals surface area (Å²) in [5.41, 5.74) is 0.745. The van der Waals surface area contributed by atoms with Crippen molar-refractivity contribution in [3.8, 4) is 11.5 Å². The minimum Gasteiger partial charge on any atom is -0.476 e. The Hall–Kier alpha value is -3.30. The molecule has 3 rings (SSSR count). The SMILES string of the molecule is Cc1cc2c(c(F)c1NC(=O)CC(C)(C)C)OC(C)C(=O)N2Cc1ccc(OC(F)(F)F)cc1. The van der Waals surface area contributed by atoms with Gasteiger partial charge in [0.1, 0.15) is 5.75 Å². The highest BCUT2D eigenvalue weighted by atomic mass is 19.4. The van der Waals surface area contributed by atoms with Crippen LogP contribution < -0.4 is 19.7 Å². The van der Waals surface area contributed by atoms with Gasteiger partial charge in [0.2, 0.25) is 5.91 Å². The first-order valence-electron chi connectivity index (χ1n) is 10.6. The second kappa shape index (κ2) is 9.15. The van der Waals surface area contributed by atoms with Crippen LogP contribution in [0.15, 0.2) is 30.3 Å². The van der Waals surface area contributed by atoms with Gasteiger partial charge in [0.25, 0.3) is 5.91 Å². The summed E-state index contributed by atoms with van der Waals surface area (Å²) in [4.78, 5) is 26.5. The predicted molar refractivity (Wildman–Crippen MR) is 118 cm³/mol. The molecule has 10 heteroatoms. The minimum absolute atomic E-state index is 0.0249. The molecule has 184 valence electrons. The lowest BCUT2D eigenvalue weighted by Gasteiger charge is -2.34. The molecule has 2 amide bonds. The molecule has 0 fully saturated rings. The second-order valence-corrected chi connectivity index (χ2v) is 9.39. The summed E-state index contributed by atoms with van der Waals surface area (Å²) in [7, 11) is 0. The number of nitrogens with one attached hydrogen (secondary N) is 1. The van der Waals surface area contributed by atoms with Gasteiger partial charge in [0.15, 0.2) is 17.7 Å². The monoisotopic (exact) mass is 482 g/mol. The molecule has 1 aliphatic rings. The highest BCUT2D eigenvalue weighted by Gasteiger charge is 2.36. The fraction of sp³-hybridized carbons (Fsp3) is 0.417. The van der Waals surface area contributed by atoms with Crippen LogP contribution in [-0.4, -0.2) is 24.3 Å². The number of hydrogen-bond donors (Lipinski definition) is 1. The zero-order valence-electron chi connectivity index (χ0n) is 19.5. The highest BCUT2D eigenvalue weighted by molar-refractivity contribution is 6.01. The van der Waals surface area contributed by atoms with Crippen molar-refractivity contribution in [1.82, 2.24) is 0 Å². The summed E-state index contributed by atoms with van der Waals surface area (Å²) >= 11 is 0. The molecule has 1 aliphatic heterocycles. The Morgan fingerprint density at radius 2 is 1.79 bits per heavy atom.